The van der Waals surface area contributed by atoms with Gasteiger partial charge in [-0.15, -0.1) is 0 Å². The highest BCUT2D eigenvalue weighted by Crippen LogP contribution is 2.31. The summed E-state index contributed by atoms with van der Waals surface area (Å²) in [5.41, 5.74) is 11.3. The largest absolute Gasteiger partial charge is 0.481 e. The third-order valence-electron chi connectivity index (χ3n) is 4.80. The Morgan fingerprint density at radius 2 is 1.67 bits per heavy atom. The molecule has 0 aliphatic carbocycles. The molecule has 0 atom stereocenters. The zero-order chi connectivity index (χ0) is 20.0. The third-order valence-corrected chi connectivity index (χ3v) is 4.80. The molecule has 0 amide bonds. The minimum atomic E-state index is 0.122. The van der Waals surface area contributed by atoms with Crippen molar-refractivity contribution in [2.45, 2.75) is 73.0 Å². The van der Waals surface area contributed by atoms with E-state index in [-0.39, 0.29) is 12.6 Å². The number of pyridine rings is 1. The van der Waals surface area contributed by atoms with Crippen LogP contribution in [0.1, 0.15) is 63.2 Å². The van der Waals surface area contributed by atoms with Gasteiger partial charge in [-0.3, -0.25) is 0 Å². The molecule has 0 unspecified atom stereocenters. The molecular formula is C21H32N4O2. The highest BCUT2D eigenvalue weighted by Gasteiger charge is 2.20. The number of methoxy groups -OCH3 is 1. The first-order valence-electron chi connectivity index (χ1n) is 9.84. The van der Waals surface area contributed by atoms with E-state index in [1.165, 1.54) is 0 Å². The number of nitrogens with two attached hydrogens (primary N) is 1. The van der Waals surface area contributed by atoms with Crippen molar-refractivity contribution in [1.29, 1.82) is 0 Å². The van der Waals surface area contributed by atoms with Crippen LogP contribution >= 0.6 is 0 Å². The van der Waals surface area contributed by atoms with Crippen molar-refractivity contribution in [3.8, 4) is 23.0 Å². The molecule has 0 saturated carbocycles. The van der Waals surface area contributed by atoms with Gasteiger partial charge in [0.05, 0.1) is 30.3 Å². The molecule has 2 aromatic heterocycles. The van der Waals surface area contributed by atoms with Crippen LogP contribution < -0.4 is 15.2 Å². The van der Waals surface area contributed by atoms with Gasteiger partial charge >= 0.3 is 0 Å². The fourth-order valence-electron chi connectivity index (χ4n) is 3.08. The predicted molar refractivity (Wildman–Crippen MR) is 108 cm³/mol. The number of aryl methyl sites for hydroxylation is 3. The molecule has 6 heteroatoms. The van der Waals surface area contributed by atoms with E-state index < -0.39 is 0 Å². The van der Waals surface area contributed by atoms with Gasteiger partial charge < -0.3 is 15.2 Å². The Morgan fingerprint density at radius 3 is 2.19 bits per heavy atom. The zero-order valence-corrected chi connectivity index (χ0v) is 17.4. The minimum Gasteiger partial charge on any atom is -0.481 e. The standard InChI is InChI=1S/C21H32N4O2/c1-7-14-11-16(13(5)23-20(14)26-6)19-17(10-4)25-21(18(12-22)24-19)27-15(8-2)9-3/h11,15H,7-10,12,22H2,1-6H3. The zero-order valence-electron chi connectivity index (χ0n) is 17.4. The lowest BCUT2D eigenvalue weighted by molar-refractivity contribution is 0.181. The Labute approximate surface area is 162 Å². The summed E-state index contributed by atoms with van der Waals surface area (Å²) in [6.45, 7) is 10.6. The Kier molecular flexibility index (Phi) is 7.54. The van der Waals surface area contributed by atoms with Gasteiger partial charge in [-0.25, -0.2) is 15.0 Å². The number of hydrogen-bond acceptors (Lipinski definition) is 6. The van der Waals surface area contributed by atoms with E-state index in [0.29, 0.717) is 17.5 Å². The molecule has 27 heavy (non-hydrogen) atoms. The van der Waals surface area contributed by atoms with Crippen molar-refractivity contribution < 1.29 is 9.47 Å². The van der Waals surface area contributed by atoms with Gasteiger partial charge in [-0.2, -0.15) is 0 Å². The van der Waals surface area contributed by atoms with Crippen LogP contribution in [0.5, 0.6) is 11.8 Å². The van der Waals surface area contributed by atoms with E-state index in [0.717, 1.165) is 53.9 Å². The number of aromatic nitrogens is 3. The molecule has 0 saturated heterocycles. The smallest absolute Gasteiger partial charge is 0.237 e. The van der Waals surface area contributed by atoms with Crippen LogP contribution in [-0.2, 0) is 19.4 Å². The van der Waals surface area contributed by atoms with Crippen LogP contribution in [-0.4, -0.2) is 28.2 Å². The molecule has 0 aromatic carbocycles. The molecule has 0 aliphatic heterocycles. The van der Waals surface area contributed by atoms with Crippen LogP contribution in [0, 0.1) is 6.92 Å². The van der Waals surface area contributed by atoms with Gasteiger partial charge in [0.1, 0.15) is 5.69 Å². The molecule has 0 bridgehead atoms. The summed E-state index contributed by atoms with van der Waals surface area (Å²) >= 11 is 0. The molecule has 0 aliphatic rings. The van der Waals surface area contributed by atoms with E-state index in [9.17, 15) is 0 Å². The fraction of sp³-hybridized carbons (Fsp3) is 0.571. The second-order valence-electron chi connectivity index (χ2n) is 6.53. The van der Waals surface area contributed by atoms with Crippen molar-refractivity contribution in [3.05, 3.63) is 28.7 Å². The van der Waals surface area contributed by atoms with Gasteiger partial charge in [-0.05, 0) is 38.7 Å². The molecule has 0 radical (unpaired) electrons. The third kappa shape index (κ3) is 4.56. The first kappa shape index (κ1) is 21.1. The quantitative estimate of drug-likeness (QED) is 0.716. The summed E-state index contributed by atoms with van der Waals surface area (Å²) in [5.74, 6) is 1.22. The summed E-state index contributed by atoms with van der Waals surface area (Å²) < 4.78 is 11.5. The monoisotopic (exact) mass is 372 g/mol. The minimum absolute atomic E-state index is 0.122. The van der Waals surface area contributed by atoms with Crippen LogP contribution in [0.25, 0.3) is 11.3 Å². The highest BCUT2D eigenvalue weighted by atomic mass is 16.5. The van der Waals surface area contributed by atoms with Crippen molar-refractivity contribution >= 4 is 0 Å². The summed E-state index contributed by atoms with van der Waals surface area (Å²) in [4.78, 5) is 14.3. The lowest BCUT2D eigenvalue weighted by Crippen LogP contribution is -2.18. The molecule has 0 fully saturated rings. The van der Waals surface area contributed by atoms with Crippen LogP contribution in [0.2, 0.25) is 0 Å². The summed E-state index contributed by atoms with van der Waals surface area (Å²) in [5, 5.41) is 0. The predicted octanol–water partition coefficient (Wildman–Crippen LogP) is 4.01. The molecule has 0 spiro atoms. The summed E-state index contributed by atoms with van der Waals surface area (Å²) in [6.07, 6.45) is 3.55. The van der Waals surface area contributed by atoms with Gasteiger partial charge in [0.2, 0.25) is 11.8 Å². The maximum absolute atomic E-state index is 6.09. The van der Waals surface area contributed by atoms with Crippen LogP contribution in [0.3, 0.4) is 0 Å². The second-order valence-corrected chi connectivity index (χ2v) is 6.53. The SMILES string of the molecule is CCc1cc(-c2nc(CN)c(OC(CC)CC)nc2CC)c(C)nc1OC. The summed E-state index contributed by atoms with van der Waals surface area (Å²) in [6, 6.07) is 2.10. The fourth-order valence-corrected chi connectivity index (χ4v) is 3.08. The molecule has 2 N–H and O–H groups in total. The van der Waals surface area contributed by atoms with E-state index in [2.05, 4.69) is 38.7 Å². The van der Waals surface area contributed by atoms with Gasteiger partial charge in [0.25, 0.3) is 0 Å². The van der Waals surface area contributed by atoms with E-state index >= 15 is 0 Å². The normalized spacial score (nSPS) is 11.1. The maximum Gasteiger partial charge on any atom is 0.237 e. The van der Waals surface area contributed by atoms with E-state index in [1.54, 1.807) is 7.11 Å². The Morgan fingerprint density at radius 1 is 0.963 bits per heavy atom. The average molecular weight is 373 g/mol. The number of hydrogen-bond donors (Lipinski definition) is 1. The first-order valence-corrected chi connectivity index (χ1v) is 9.84. The second kappa shape index (κ2) is 9.65. The van der Waals surface area contributed by atoms with Crippen LogP contribution in [0.4, 0.5) is 0 Å². The van der Waals surface area contributed by atoms with Crippen molar-refractivity contribution in [1.82, 2.24) is 15.0 Å². The van der Waals surface area contributed by atoms with Gasteiger partial charge in [-0.1, -0.05) is 27.7 Å². The average Bonchev–Trinajstić information content (AvgIpc) is 2.71. The van der Waals surface area contributed by atoms with E-state index in [4.69, 9.17) is 25.2 Å². The summed E-state index contributed by atoms with van der Waals surface area (Å²) in [7, 11) is 1.65. The molecule has 148 valence electrons. The van der Waals surface area contributed by atoms with Gasteiger partial charge in [0, 0.05) is 17.7 Å². The maximum atomic E-state index is 6.09. The van der Waals surface area contributed by atoms with Crippen molar-refractivity contribution in [2.75, 3.05) is 7.11 Å². The van der Waals surface area contributed by atoms with Gasteiger partial charge in [0.15, 0.2) is 0 Å². The molecule has 6 nitrogen and oxygen atoms in total. The number of nitrogens with zero attached hydrogens (tertiary/aromatic N) is 3. The molecular weight excluding hydrogens is 340 g/mol. The number of ether oxygens (including phenoxy) is 2. The Balaban J connectivity index is 2.60. The first-order chi connectivity index (χ1) is 13.0. The highest BCUT2D eigenvalue weighted by molar-refractivity contribution is 5.66. The Bertz CT molecular complexity index is 773. The lowest BCUT2D eigenvalue weighted by Gasteiger charge is -2.19. The van der Waals surface area contributed by atoms with Crippen LogP contribution in [0.15, 0.2) is 6.07 Å². The van der Waals surface area contributed by atoms with Crippen molar-refractivity contribution in [2.24, 2.45) is 5.73 Å². The molecule has 2 rings (SSSR count). The number of rotatable bonds is 9. The lowest BCUT2D eigenvalue weighted by atomic mass is 10.0. The molecule has 2 aromatic rings. The Hall–Kier alpha value is -2.21. The van der Waals surface area contributed by atoms with Crippen molar-refractivity contribution in [3.63, 3.8) is 0 Å². The van der Waals surface area contributed by atoms with E-state index in [1.807, 2.05) is 6.92 Å². The topological polar surface area (TPSA) is 83.2 Å². The molecule has 2 heterocycles.